The van der Waals surface area contributed by atoms with Gasteiger partial charge in [0, 0.05) is 10.5 Å². The van der Waals surface area contributed by atoms with Crippen molar-refractivity contribution in [3.63, 3.8) is 0 Å². The minimum absolute atomic E-state index is 0.0106. The second-order valence-electron chi connectivity index (χ2n) is 8.15. The lowest BCUT2D eigenvalue weighted by atomic mass is 9.94. The summed E-state index contributed by atoms with van der Waals surface area (Å²) in [5.41, 5.74) is 1.04. The van der Waals surface area contributed by atoms with E-state index in [1.807, 2.05) is 37.3 Å². The van der Waals surface area contributed by atoms with Gasteiger partial charge in [-0.15, -0.1) is 23.4 Å². The molecule has 0 bridgehead atoms. The standard InChI is InChI=1S/C20H22ClN3O3S2/c1-19(2)18(22)24-20(3,10-29(19,25)26)17-14(21)8-16(28-17)13-6-4-5-12(7-13)15-9-23-11-27-15/h4-9,11,14,17H,10H2,1-3H3,(H2,22,24)/t14?,17?,20-/m0/s1. The fraction of sp³-hybridized carbons (Fsp3) is 0.400. The lowest BCUT2D eigenvalue weighted by molar-refractivity contribution is 0.417. The van der Waals surface area contributed by atoms with Crippen LogP contribution >= 0.6 is 23.4 Å². The molecule has 2 N–H and O–H groups in total. The van der Waals surface area contributed by atoms with Crippen LogP contribution < -0.4 is 5.32 Å². The van der Waals surface area contributed by atoms with Crippen LogP contribution in [0.2, 0.25) is 0 Å². The average molecular weight is 452 g/mol. The molecule has 9 heteroatoms. The molecule has 154 valence electrons. The zero-order valence-electron chi connectivity index (χ0n) is 16.3. The van der Waals surface area contributed by atoms with E-state index < -0.39 is 20.1 Å². The predicted octanol–water partition coefficient (Wildman–Crippen LogP) is 3.94. The van der Waals surface area contributed by atoms with Gasteiger partial charge in [0.1, 0.15) is 10.6 Å². The van der Waals surface area contributed by atoms with Gasteiger partial charge in [-0.25, -0.2) is 13.4 Å². The van der Waals surface area contributed by atoms with Gasteiger partial charge in [0.15, 0.2) is 22.0 Å². The first-order valence-corrected chi connectivity index (χ1v) is 12.1. The third-order valence-electron chi connectivity index (χ3n) is 5.63. The van der Waals surface area contributed by atoms with E-state index in [1.54, 1.807) is 31.8 Å². The van der Waals surface area contributed by atoms with Crippen molar-refractivity contribution in [3.05, 3.63) is 48.5 Å². The van der Waals surface area contributed by atoms with Gasteiger partial charge in [-0.2, -0.15) is 0 Å². The Balaban J connectivity index is 1.61. The molecule has 6 nitrogen and oxygen atoms in total. The summed E-state index contributed by atoms with van der Waals surface area (Å²) in [4.78, 5) is 4.94. The molecule has 3 heterocycles. The second kappa shape index (κ2) is 6.89. The number of thioether (sulfide) groups is 1. The highest BCUT2D eigenvalue weighted by atomic mass is 35.5. The minimum Gasteiger partial charge on any atom is -0.444 e. The van der Waals surface area contributed by atoms with Crippen molar-refractivity contribution in [1.29, 1.82) is 5.41 Å². The molecule has 0 radical (unpaired) electrons. The number of oxazole rings is 1. The largest absolute Gasteiger partial charge is 0.444 e. The van der Waals surface area contributed by atoms with E-state index in [4.69, 9.17) is 21.4 Å². The summed E-state index contributed by atoms with van der Waals surface area (Å²) in [6.07, 6.45) is 5.01. The molecule has 2 unspecified atom stereocenters. The number of alkyl halides is 1. The Morgan fingerprint density at radius 1 is 1.31 bits per heavy atom. The summed E-state index contributed by atoms with van der Waals surface area (Å²) in [6, 6.07) is 7.88. The van der Waals surface area contributed by atoms with Gasteiger partial charge in [-0.3, -0.25) is 5.41 Å². The van der Waals surface area contributed by atoms with Crippen LogP contribution in [0.3, 0.4) is 0 Å². The molecule has 1 fully saturated rings. The van der Waals surface area contributed by atoms with Gasteiger partial charge in [-0.05, 0) is 32.4 Å². The van der Waals surface area contributed by atoms with Crippen LogP contribution in [0.1, 0.15) is 26.3 Å². The Kier molecular flexibility index (Phi) is 4.87. The van der Waals surface area contributed by atoms with Crippen LogP contribution in [0.4, 0.5) is 0 Å². The fourth-order valence-electron chi connectivity index (χ4n) is 3.66. The molecule has 3 atom stereocenters. The molecule has 1 aromatic carbocycles. The molecular formula is C20H22ClN3O3S2. The molecule has 1 aromatic heterocycles. The van der Waals surface area contributed by atoms with Crippen LogP contribution in [0.15, 0.2) is 47.3 Å². The highest BCUT2D eigenvalue weighted by Gasteiger charge is 2.54. The highest BCUT2D eigenvalue weighted by Crippen LogP contribution is 2.48. The summed E-state index contributed by atoms with van der Waals surface area (Å²) in [5, 5.41) is 10.8. The molecule has 4 rings (SSSR count). The predicted molar refractivity (Wildman–Crippen MR) is 118 cm³/mol. The third kappa shape index (κ3) is 3.41. The van der Waals surface area contributed by atoms with Gasteiger partial charge in [0.2, 0.25) is 0 Å². The lowest BCUT2D eigenvalue weighted by Gasteiger charge is -2.46. The van der Waals surface area contributed by atoms with Crippen molar-refractivity contribution in [2.45, 2.75) is 41.7 Å². The number of sulfone groups is 1. The van der Waals surface area contributed by atoms with Gasteiger partial charge in [0.25, 0.3) is 0 Å². The number of halogens is 1. The van der Waals surface area contributed by atoms with E-state index in [-0.39, 0.29) is 22.2 Å². The molecule has 0 amide bonds. The number of hydrogen-bond acceptors (Lipinski definition) is 6. The number of nitrogens with one attached hydrogen (secondary N) is 2. The Morgan fingerprint density at radius 3 is 2.69 bits per heavy atom. The number of rotatable bonds is 3. The summed E-state index contributed by atoms with van der Waals surface area (Å²) in [5.74, 6) is 0.615. The summed E-state index contributed by atoms with van der Waals surface area (Å²) in [6.45, 7) is 4.97. The zero-order chi connectivity index (χ0) is 21.0. The maximum Gasteiger partial charge on any atom is 0.181 e. The van der Waals surface area contributed by atoms with Gasteiger partial charge in [-0.1, -0.05) is 24.3 Å². The molecule has 0 aliphatic carbocycles. The smallest absolute Gasteiger partial charge is 0.181 e. The van der Waals surface area contributed by atoms with Crippen LogP contribution in [0.25, 0.3) is 16.2 Å². The van der Waals surface area contributed by atoms with E-state index in [1.165, 1.54) is 6.39 Å². The van der Waals surface area contributed by atoms with Crippen molar-refractivity contribution in [2.75, 3.05) is 5.75 Å². The monoisotopic (exact) mass is 451 g/mol. The normalized spacial score (nSPS) is 30.6. The maximum atomic E-state index is 12.9. The van der Waals surface area contributed by atoms with Crippen LogP contribution in [0.5, 0.6) is 0 Å². The van der Waals surface area contributed by atoms with Gasteiger partial charge < -0.3 is 9.73 Å². The van der Waals surface area contributed by atoms with E-state index in [0.717, 1.165) is 16.0 Å². The zero-order valence-corrected chi connectivity index (χ0v) is 18.7. The van der Waals surface area contributed by atoms with Crippen molar-refractivity contribution in [3.8, 4) is 11.3 Å². The first-order chi connectivity index (χ1) is 13.5. The van der Waals surface area contributed by atoms with Crippen LogP contribution in [0, 0.1) is 5.41 Å². The first kappa shape index (κ1) is 20.5. The SMILES string of the molecule is CC1(C)C(=N)N[C@](C)(C2SC(c3cccc(-c4cnco4)c3)=CC2Cl)CS1(=O)=O. The topological polar surface area (TPSA) is 96.1 Å². The highest BCUT2D eigenvalue weighted by molar-refractivity contribution is 8.09. The van der Waals surface area contributed by atoms with Crippen LogP contribution in [-0.2, 0) is 9.84 Å². The van der Waals surface area contributed by atoms with Crippen molar-refractivity contribution < 1.29 is 12.8 Å². The molecule has 0 saturated carbocycles. The van der Waals surface area contributed by atoms with Crippen molar-refractivity contribution in [1.82, 2.24) is 10.3 Å². The van der Waals surface area contributed by atoms with E-state index in [2.05, 4.69) is 10.3 Å². The summed E-state index contributed by atoms with van der Waals surface area (Å²) < 4.78 is 29.9. The number of nitrogens with zero attached hydrogens (tertiary/aromatic N) is 1. The second-order valence-corrected chi connectivity index (χ2v) is 12.4. The van der Waals surface area contributed by atoms with E-state index >= 15 is 0 Å². The first-order valence-electron chi connectivity index (χ1n) is 9.15. The quantitative estimate of drug-likeness (QED) is 0.686. The maximum absolute atomic E-state index is 12.9. The minimum atomic E-state index is -3.50. The number of amidine groups is 1. The average Bonchev–Trinajstić information content (AvgIpc) is 3.30. The molecule has 2 aliphatic heterocycles. The third-order valence-corrected chi connectivity index (χ3v) is 10.6. The van der Waals surface area contributed by atoms with Crippen molar-refractivity contribution >= 4 is 43.9 Å². The van der Waals surface area contributed by atoms with E-state index in [0.29, 0.717) is 5.76 Å². The Labute approximate surface area is 179 Å². The fourth-order valence-corrected chi connectivity index (χ4v) is 7.53. The van der Waals surface area contributed by atoms with E-state index in [9.17, 15) is 8.42 Å². The number of aromatic nitrogens is 1. The molecular weight excluding hydrogens is 430 g/mol. The van der Waals surface area contributed by atoms with Crippen molar-refractivity contribution in [2.24, 2.45) is 0 Å². The molecule has 2 aromatic rings. The Morgan fingerprint density at radius 2 is 2.03 bits per heavy atom. The summed E-state index contributed by atoms with van der Waals surface area (Å²) >= 11 is 8.21. The lowest BCUT2D eigenvalue weighted by Crippen LogP contribution is -2.69. The number of benzene rings is 1. The summed E-state index contributed by atoms with van der Waals surface area (Å²) in [7, 11) is -3.50. The number of allylic oxidation sites excluding steroid dienone is 1. The van der Waals surface area contributed by atoms with Gasteiger partial charge >= 0.3 is 0 Å². The molecule has 1 saturated heterocycles. The Bertz CT molecular complexity index is 1100. The molecule has 2 aliphatic rings. The van der Waals surface area contributed by atoms with Crippen LogP contribution in [-0.4, -0.2) is 45.9 Å². The van der Waals surface area contributed by atoms with Gasteiger partial charge in [0.05, 0.1) is 28.1 Å². The molecule has 29 heavy (non-hydrogen) atoms. The molecule has 0 spiro atoms. The Hall–Kier alpha value is -1.77. The number of hydrogen-bond donors (Lipinski definition) is 2.